The largest absolute Gasteiger partial charge is 0.316 e. The molecule has 0 saturated heterocycles. The SMILES string of the molecule is CCC(NC)C(C)c1ccc(C)cc1[N+](=O)[O-]. The first-order chi connectivity index (χ1) is 8.01. The van der Waals surface area contributed by atoms with Crippen molar-refractivity contribution in [2.75, 3.05) is 7.05 Å². The lowest BCUT2D eigenvalue weighted by atomic mass is 9.90. The predicted molar refractivity (Wildman–Crippen MR) is 69.4 cm³/mol. The van der Waals surface area contributed by atoms with Crippen LogP contribution in [0.3, 0.4) is 0 Å². The van der Waals surface area contributed by atoms with E-state index >= 15 is 0 Å². The Morgan fingerprint density at radius 1 is 1.47 bits per heavy atom. The van der Waals surface area contributed by atoms with Crippen LogP contribution < -0.4 is 5.32 Å². The first kappa shape index (κ1) is 13.6. The summed E-state index contributed by atoms with van der Waals surface area (Å²) in [4.78, 5) is 10.8. The van der Waals surface area contributed by atoms with Crippen molar-refractivity contribution in [2.45, 2.75) is 39.2 Å². The van der Waals surface area contributed by atoms with Gasteiger partial charge in [0.25, 0.3) is 5.69 Å². The van der Waals surface area contributed by atoms with Crippen LogP contribution in [0.4, 0.5) is 5.69 Å². The predicted octanol–water partition coefficient (Wildman–Crippen LogP) is 3.00. The Kier molecular flexibility index (Phi) is 4.63. The van der Waals surface area contributed by atoms with Gasteiger partial charge in [-0.25, -0.2) is 0 Å². The Hall–Kier alpha value is -1.42. The van der Waals surface area contributed by atoms with E-state index in [1.165, 1.54) is 0 Å². The van der Waals surface area contributed by atoms with Gasteiger partial charge in [-0.05, 0) is 26.0 Å². The van der Waals surface area contributed by atoms with E-state index in [4.69, 9.17) is 0 Å². The van der Waals surface area contributed by atoms with Gasteiger partial charge in [-0.1, -0.05) is 26.0 Å². The molecule has 0 aliphatic heterocycles. The van der Waals surface area contributed by atoms with Gasteiger partial charge in [-0.3, -0.25) is 10.1 Å². The molecule has 94 valence electrons. The summed E-state index contributed by atoms with van der Waals surface area (Å²) in [5.41, 5.74) is 1.96. The molecule has 4 heteroatoms. The summed E-state index contributed by atoms with van der Waals surface area (Å²) in [5, 5.41) is 14.3. The normalized spacial score (nSPS) is 14.4. The van der Waals surface area contributed by atoms with Crippen molar-refractivity contribution in [1.29, 1.82) is 0 Å². The molecule has 0 spiro atoms. The number of nitro groups is 1. The number of aryl methyl sites for hydroxylation is 1. The first-order valence-electron chi connectivity index (χ1n) is 5.93. The van der Waals surface area contributed by atoms with Gasteiger partial charge in [0.15, 0.2) is 0 Å². The first-order valence-corrected chi connectivity index (χ1v) is 5.93. The second-order valence-electron chi connectivity index (χ2n) is 4.41. The third-order valence-corrected chi connectivity index (χ3v) is 3.29. The third kappa shape index (κ3) is 3.03. The van der Waals surface area contributed by atoms with Crippen LogP contribution in [-0.4, -0.2) is 18.0 Å². The highest BCUT2D eigenvalue weighted by molar-refractivity contribution is 5.45. The summed E-state index contributed by atoms with van der Waals surface area (Å²) < 4.78 is 0. The average molecular weight is 236 g/mol. The van der Waals surface area contributed by atoms with E-state index in [9.17, 15) is 10.1 Å². The number of nitro benzene ring substituents is 1. The Morgan fingerprint density at radius 2 is 2.12 bits per heavy atom. The molecule has 1 aromatic carbocycles. The summed E-state index contributed by atoms with van der Waals surface area (Å²) in [5.74, 6) is 0.131. The van der Waals surface area contributed by atoms with Gasteiger partial charge in [-0.2, -0.15) is 0 Å². The maximum Gasteiger partial charge on any atom is 0.273 e. The van der Waals surface area contributed by atoms with Crippen LogP contribution in [0.15, 0.2) is 18.2 Å². The zero-order chi connectivity index (χ0) is 13.0. The van der Waals surface area contributed by atoms with Crippen LogP contribution in [0, 0.1) is 17.0 Å². The molecule has 0 bridgehead atoms. The number of hydrogen-bond donors (Lipinski definition) is 1. The summed E-state index contributed by atoms with van der Waals surface area (Å²) in [6.07, 6.45) is 0.947. The average Bonchev–Trinajstić information content (AvgIpc) is 2.30. The van der Waals surface area contributed by atoms with Crippen molar-refractivity contribution < 1.29 is 4.92 Å². The summed E-state index contributed by atoms with van der Waals surface area (Å²) in [7, 11) is 1.89. The second-order valence-corrected chi connectivity index (χ2v) is 4.41. The van der Waals surface area contributed by atoms with E-state index in [1.54, 1.807) is 6.07 Å². The summed E-state index contributed by atoms with van der Waals surface area (Å²) in [6.45, 7) is 5.98. The fourth-order valence-electron chi connectivity index (χ4n) is 2.22. The number of nitrogens with zero attached hydrogens (tertiary/aromatic N) is 1. The smallest absolute Gasteiger partial charge is 0.273 e. The summed E-state index contributed by atoms with van der Waals surface area (Å²) >= 11 is 0. The monoisotopic (exact) mass is 236 g/mol. The quantitative estimate of drug-likeness (QED) is 0.631. The minimum absolute atomic E-state index is 0.131. The highest BCUT2D eigenvalue weighted by Gasteiger charge is 2.23. The van der Waals surface area contributed by atoms with Crippen LogP contribution in [0.1, 0.15) is 37.3 Å². The fraction of sp³-hybridized carbons (Fsp3) is 0.538. The van der Waals surface area contributed by atoms with Gasteiger partial charge < -0.3 is 5.32 Å². The minimum atomic E-state index is -0.290. The molecule has 0 radical (unpaired) electrons. The molecule has 2 unspecified atom stereocenters. The van der Waals surface area contributed by atoms with Crippen LogP contribution in [0.5, 0.6) is 0 Å². The van der Waals surface area contributed by atoms with Crippen LogP contribution in [-0.2, 0) is 0 Å². The molecular weight excluding hydrogens is 216 g/mol. The van der Waals surface area contributed by atoms with Crippen LogP contribution in [0.25, 0.3) is 0 Å². The Labute approximate surface area is 102 Å². The van der Waals surface area contributed by atoms with E-state index in [1.807, 2.05) is 33.0 Å². The lowest BCUT2D eigenvalue weighted by molar-refractivity contribution is -0.385. The molecule has 0 aliphatic carbocycles. The third-order valence-electron chi connectivity index (χ3n) is 3.29. The standard InChI is InChI=1S/C13H20N2O2/c1-5-12(14-4)10(3)11-7-6-9(2)8-13(11)15(16)17/h6-8,10,12,14H,5H2,1-4H3. The number of nitrogens with one attached hydrogen (secondary N) is 1. The topological polar surface area (TPSA) is 55.2 Å². The van der Waals surface area contributed by atoms with Gasteiger partial charge in [0.1, 0.15) is 0 Å². The summed E-state index contributed by atoms with van der Waals surface area (Å²) in [6, 6.07) is 5.71. The number of rotatable bonds is 5. The molecule has 2 atom stereocenters. The van der Waals surface area contributed by atoms with Crippen molar-refractivity contribution in [3.05, 3.63) is 39.4 Å². The fourth-order valence-corrected chi connectivity index (χ4v) is 2.22. The van der Waals surface area contributed by atoms with Crippen LogP contribution >= 0.6 is 0 Å². The molecule has 0 heterocycles. The molecule has 1 rings (SSSR count). The lowest BCUT2D eigenvalue weighted by Gasteiger charge is -2.22. The maximum atomic E-state index is 11.1. The van der Waals surface area contributed by atoms with Crippen molar-refractivity contribution in [3.8, 4) is 0 Å². The number of hydrogen-bond acceptors (Lipinski definition) is 3. The molecule has 1 aromatic rings. The van der Waals surface area contributed by atoms with Gasteiger partial charge in [-0.15, -0.1) is 0 Å². The molecular formula is C13H20N2O2. The molecule has 1 N–H and O–H groups in total. The molecule has 17 heavy (non-hydrogen) atoms. The van der Waals surface area contributed by atoms with E-state index in [2.05, 4.69) is 12.2 Å². The number of benzene rings is 1. The Bertz CT molecular complexity index is 400. The van der Waals surface area contributed by atoms with Crippen molar-refractivity contribution in [1.82, 2.24) is 5.32 Å². The van der Waals surface area contributed by atoms with Crippen molar-refractivity contribution in [2.24, 2.45) is 0 Å². The molecule has 0 amide bonds. The zero-order valence-electron chi connectivity index (χ0n) is 10.9. The molecule has 0 aromatic heterocycles. The van der Waals surface area contributed by atoms with Crippen molar-refractivity contribution in [3.63, 3.8) is 0 Å². The molecule has 4 nitrogen and oxygen atoms in total. The van der Waals surface area contributed by atoms with E-state index in [-0.39, 0.29) is 22.6 Å². The molecule has 0 saturated carbocycles. The van der Waals surface area contributed by atoms with E-state index in [0.717, 1.165) is 17.5 Å². The Morgan fingerprint density at radius 3 is 2.59 bits per heavy atom. The maximum absolute atomic E-state index is 11.1. The Balaban J connectivity index is 3.16. The van der Waals surface area contributed by atoms with Crippen molar-refractivity contribution >= 4 is 5.69 Å². The molecule has 0 aliphatic rings. The zero-order valence-corrected chi connectivity index (χ0v) is 10.9. The van der Waals surface area contributed by atoms with E-state index in [0.29, 0.717) is 0 Å². The lowest BCUT2D eigenvalue weighted by Crippen LogP contribution is -2.30. The van der Waals surface area contributed by atoms with Gasteiger partial charge in [0.2, 0.25) is 0 Å². The van der Waals surface area contributed by atoms with Crippen LogP contribution in [0.2, 0.25) is 0 Å². The van der Waals surface area contributed by atoms with Gasteiger partial charge >= 0.3 is 0 Å². The van der Waals surface area contributed by atoms with Gasteiger partial charge in [0.05, 0.1) is 4.92 Å². The highest BCUT2D eigenvalue weighted by Crippen LogP contribution is 2.30. The second kappa shape index (κ2) is 5.77. The minimum Gasteiger partial charge on any atom is -0.316 e. The van der Waals surface area contributed by atoms with E-state index < -0.39 is 0 Å². The molecule has 0 fully saturated rings. The highest BCUT2D eigenvalue weighted by atomic mass is 16.6. The van der Waals surface area contributed by atoms with Gasteiger partial charge in [0, 0.05) is 23.6 Å². The number of likely N-dealkylation sites (N-methyl/N-ethyl adjacent to an activating group) is 1.